The number of aryl methyl sites for hydroxylation is 1. The third-order valence-corrected chi connectivity index (χ3v) is 3.18. The molecule has 104 valence electrons. The van der Waals surface area contributed by atoms with E-state index in [1.165, 1.54) is 4.90 Å². The highest BCUT2D eigenvalue weighted by molar-refractivity contribution is 9.09. The minimum Gasteiger partial charge on any atom is -0.336 e. The van der Waals surface area contributed by atoms with Gasteiger partial charge >= 0.3 is 0 Å². The van der Waals surface area contributed by atoms with Crippen LogP contribution in [0.1, 0.15) is 18.9 Å². The molecule has 1 N–H and O–H groups in total. The molecule has 0 saturated heterocycles. The van der Waals surface area contributed by atoms with Crippen molar-refractivity contribution in [3.8, 4) is 0 Å². The number of carbonyl (C=O) groups is 2. The van der Waals surface area contributed by atoms with Gasteiger partial charge in [0.25, 0.3) is 0 Å². The Balaban J connectivity index is 2.58. The van der Waals surface area contributed by atoms with Crippen LogP contribution in [-0.4, -0.2) is 35.6 Å². The first-order valence-electron chi connectivity index (χ1n) is 6.26. The van der Waals surface area contributed by atoms with Crippen LogP contribution >= 0.6 is 15.9 Å². The molecule has 0 radical (unpaired) electrons. The van der Waals surface area contributed by atoms with Crippen molar-refractivity contribution in [2.45, 2.75) is 19.8 Å². The van der Waals surface area contributed by atoms with Crippen LogP contribution < -0.4 is 5.32 Å². The van der Waals surface area contributed by atoms with Crippen molar-refractivity contribution in [2.75, 3.05) is 24.2 Å². The summed E-state index contributed by atoms with van der Waals surface area (Å²) < 4.78 is 0. The molecule has 4 nitrogen and oxygen atoms in total. The number of likely N-dealkylation sites (N-methyl/N-ethyl adjacent to an activating group) is 1. The Kier molecular flexibility index (Phi) is 6.56. The fourth-order valence-corrected chi connectivity index (χ4v) is 2.05. The number of anilines is 1. The highest BCUT2D eigenvalue weighted by Gasteiger charge is 2.13. The summed E-state index contributed by atoms with van der Waals surface area (Å²) in [6, 6.07) is 7.68. The molecule has 0 aliphatic heterocycles. The van der Waals surface area contributed by atoms with Crippen molar-refractivity contribution in [3.05, 3.63) is 29.8 Å². The molecular weight excluding hydrogens is 308 g/mol. The molecule has 1 aromatic carbocycles. The van der Waals surface area contributed by atoms with E-state index in [-0.39, 0.29) is 18.4 Å². The average molecular weight is 327 g/mol. The van der Waals surface area contributed by atoms with Gasteiger partial charge in [-0.25, -0.2) is 0 Å². The molecule has 0 aromatic heterocycles. The maximum absolute atomic E-state index is 11.9. The largest absolute Gasteiger partial charge is 0.336 e. The Morgan fingerprint density at radius 1 is 1.32 bits per heavy atom. The predicted octanol–water partition coefficient (Wildman–Crippen LogP) is 2.43. The molecule has 19 heavy (non-hydrogen) atoms. The zero-order valence-electron chi connectivity index (χ0n) is 11.3. The van der Waals surface area contributed by atoms with E-state index in [0.29, 0.717) is 11.8 Å². The molecule has 1 rings (SSSR count). The van der Waals surface area contributed by atoms with Crippen LogP contribution in [0.2, 0.25) is 0 Å². The van der Waals surface area contributed by atoms with Crippen LogP contribution in [-0.2, 0) is 16.0 Å². The minimum atomic E-state index is -0.175. The van der Waals surface area contributed by atoms with Gasteiger partial charge in [0.2, 0.25) is 11.8 Å². The Morgan fingerprint density at radius 2 is 2.00 bits per heavy atom. The molecule has 2 amide bonds. The van der Waals surface area contributed by atoms with E-state index < -0.39 is 0 Å². The van der Waals surface area contributed by atoms with Gasteiger partial charge < -0.3 is 10.2 Å². The highest BCUT2D eigenvalue weighted by atomic mass is 79.9. The number of halogens is 1. The molecule has 5 heteroatoms. The Labute approximate surface area is 122 Å². The molecule has 0 atom stereocenters. The normalized spacial score (nSPS) is 10.1. The van der Waals surface area contributed by atoms with Gasteiger partial charge in [-0.15, -0.1) is 0 Å². The van der Waals surface area contributed by atoms with E-state index in [1.807, 2.05) is 31.2 Å². The molecule has 0 aliphatic rings. The molecule has 0 fully saturated rings. The number of amides is 2. The van der Waals surface area contributed by atoms with Crippen molar-refractivity contribution < 1.29 is 9.59 Å². The van der Waals surface area contributed by atoms with E-state index in [9.17, 15) is 9.59 Å². The van der Waals surface area contributed by atoms with Crippen molar-refractivity contribution in [1.29, 1.82) is 0 Å². The highest BCUT2D eigenvalue weighted by Crippen LogP contribution is 2.15. The third kappa shape index (κ3) is 5.03. The fourth-order valence-electron chi connectivity index (χ4n) is 1.72. The number of rotatable bonds is 6. The van der Waals surface area contributed by atoms with Gasteiger partial charge in [0.1, 0.15) is 0 Å². The monoisotopic (exact) mass is 326 g/mol. The van der Waals surface area contributed by atoms with E-state index in [0.717, 1.165) is 17.7 Å². The van der Waals surface area contributed by atoms with Crippen molar-refractivity contribution in [1.82, 2.24) is 4.90 Å². The zero-order chi connectivity index (χ0) is 14.3. The number of nitrogens with zero attached hydrogens (tertiary/aromatic N) is 1. The van der Waals surface area contributed by atoms with E-state index in [4.69, 9.17) is 0 Å². The molecule has 0 spiro atoms. The molecule has 0 bridgehead atoms. The van der Waals surface area contributed by atoms with Gasteiger partial charge in [0, 0.05) is 24.5 Å². The van der Waals surface area contributed by atoms with Crippen molar-refractivity contribution in [3.63, 3.8) is 0 Å². The molecule has 0 saturated carbocycles. The topological polar surface area (TPSA) is 49.4 Å². The van der Waals surface area contributed by atoms with E-state index >= 15 is 0 Å². The first-order chi connectivity index (χ1) is 9.08. The summed E-state index contributed by atoms with van der Waals surface area (Å²) in [5.74, 6) is -0.220. The lowest BCUT2D eigenvalue weighted by Crippen LogP contribution is -2.35. The lowest BCUT2D eigenvalue weighted by Gasteiger charge is -2.17. The second-order valence-corrected chi connectivity index (χ2v) is 5.04. The predicted molar refractivity (Wildman–Crippen MR) is 80.5 cm³/mol. The van der Waals surface area contributed by atoms with Gasteiger partial charge in [0.15, 0.2) is 0 Å². The van der Waals surface area contributed by atoms with Crippen LogP contribution in [0.25, 0.3) is 0 Å². The molecule has 0 unspecified atom stereocenters. The Hall–Kier alpha value is -1.36. The number of nitrogens with one attached hydrogen (secondary N) is 1. The van der Waals surface area contributed by atoms with Crippen LogP contribution in [0.3, 0.4) is 0 Å². The summed E-state index contributed by atoms with van der Waals surface area (Å²) in [5.41, 5.74) is 1.90. The number of alkyl halides is 1. The maximum Gasteiger partial charge on any atom is 0.243 e. The summed E-state index contributed by atoms with van der Waals surface area (Å²) >= 11 is 3.21. The van der Waals surface area contributed by atoms with Gasteiger partial charge in [0.05, 0.1) is 6.54 Å². The quantitative estimate of drug-likeness (QED) is 0.816. The smallest absolute Gasteiger partial charge is 0.243 e. The van der Waals surface area contributed by atoms with Crippen LogP contribution in [0.15, 0.2) is 24.3 Å². The van der Waals surface area contributed by atoms with Gasteiger partial charge in [-0.2, -0.15) is 0 Å². The average Bonchev–Trinajstić information content (AvgIpc) is 2.39. The minimum absolute atomic E-state index is 0.0456. The standard InChI is InChI=1S/C14H19BrN2O2/c1-3-11-6-4-5-7-12(11)16-13(18)10-17(2)14(19)8-9-15/h4-7H,3,8-10H2,1-2H3,(H,16,18). The van der Waals surface area contributed by atoms with Crippen molar-refractivity contribution >= 4 is 33.4 Å². The molecule has 0 aliphatic carbocycles. The lowest BCUT2D eigenvalue weighted by molar-refractivity contribution is -0.132. The molecule has 1 aromatic rings. The Bertz CT molecular complexity index is 449. The van der Waals surface area contributed by atoms with Crippen LogP contribution in [0.4, 0.5) is 5.69 Å². The van der Waals surface area contributed by atoms with Crippen molar-refractivity contribution in [2.24, 2.45) is 0 Å². The summed E-state index contributed by atoms with van der Waals surface area (Å²) in [6.07, 6.45) is 1.25. The number of hydrogen-bond acceptors (Lipinski definition) is 2. The SMILES string of the molecule is CCc1ccccc1NC(=O)CN(C)C(=O)CCBr. The summed E-state index contributed by atoms with van der Waals surface area (Å²) in [5, 5.41) is 3.45. The molecule has 0 heterocycles. The fraction of sp³-hybridized carbons (Fsp3) is 0.429. The van der Waals surface area contributed by atoms with Gasteiger partial charge in [-0.1, -0.05) is 41.1 Å². The third-order valence-electron chi connectivity index (χ3n) is 2.79. The number of hydrogen-bond donors (Lipinski definition) is 1. The first kappa shape index (κ1) is 15.7. The van der Waals surface area contributed by atoms with Gasteiger partial charge in [-0.05, 0) is 18.1 Å². The molecular formula is C14H19BrN2O2. The number of para-hydroxylation sites is 1. The second-order valence-electron chi connectivity index (χ2n) is 4.25. The van der Waals surface area contributed by atoms with E-state index in [2.05, 4.69) is 21.2 Å². The lowest BCUT2D eigenvalue weighted by atomic mass is 10.1. The van der Waals surface area contributed by atoms with E-state index in [1.54, 1.807) is 7.05 Å². The number of benzene rings is 1. The van der Waals surface area contributed by atoms with Crippen LogP contribution in [0, 0.1) is 0 Å². The summed E-state index contributed by atoms with van der Waals surface area (Å²) in [4.78, 5) is 24.9. The first-order valence-corrected chi connectivity index (χ1v) is 7.38. The second kappa shape index (κ2) is 7.94. The Morgan fingerprint density at radius 3 is 2.63 bits per heavy atom. The van der Waals surface area contributed by atoms with Crippen LogP contribution in [0.5, 0.6) is 0 Å². The zero-order valence-corrected chi connectivity index (χ0v) is 12.9. The van der Waals surface area contributed by atoms with Gasteiger partial charge in [-0.3, -0.25) is 9.59 Å². The summed E-state index contributed by atoms with van der Waals surface area (Å²) in [7, 11) is 1.64. The summed E-state index contributed by atoms with van der Waals surface area (Å²) in [6.45, 7) is 2.11. The maximum atomic E-state index is 11.9. The number of carbonyl (C=O) groups excluding carboxylic acids is 2.